The average molecular weight is 271 g/mol. The van der Waals surface area contributed by atoms with Crippen LogP contribution in [0.4, 0.5) is 0 Å². The van der Waals surface area contributed by atoms with Crippen LogP contribution >= 0.6 is 0 Å². The number of aryl methyl sites for hydroxylation is 1. The van der Waals surface area contributed by atoms with Crippen molar-refractivity contribution < 1.29 is 8.42 Å². The van der Waals surface area contributed by atoms with Crippen LogP contribution < -0.4 is 4.72 Å². The predicted molar refractivity (Wildman–Crippen MR) is 69.6 cm³/mol. The third kappa shape index (κ3) is 2.92. The van der Waals surface area contributed by atoms with E-state index < -0.39 is 10.0 Å². The van der Waals surface area contributed by atoms with Crippen molar-refractivity contribution in [3.8, 4) is 0 Å². The average Bonchev–Trinajstić information content (AvgIpc) is 2.81. The first kappa shape index (κ1) is 13.5. The fourth-order valence-corrected chi connectivity index (χ4v) is 3.75. The molecule has 1 aliphatic carbocycles. The van der Waals surface area contributed by atoms with Crippen LogP contribution in [0.15, 0.2) is 17.3 Å². The van der Waals surface area contributed by atoms with Crippen LogP contribution in [-0.4, -0.2) is 24.2 Å². The number of nitrogens with one attached hydrogen (secondary N) is 1. The largest absolute Gasteiger partial charge is 0.272 e. The maximum absolute atomic E-state index is 12.2. The van der Waals surface area contributed by atoms with Gasteiger partial charge in [-0.15, -0.1) is 0 Å². The molecule has 1 N–H and O–H groups in total. The number of hydrogen-bond donors (Lipinski definition) is 1. The molecule has 0 amide bonds. The molecule has 1 saturated carbocycles. The van der Waals surface area contributed by atoms with Crippen molar-refractivity contribution in [2.75, 3.05) is 0 Å². The standard InChI is InChI=1S/C12H21N3O2S/c1-3-15-9-11(8-13-15)18(16,17)14-12-7-5-4-6-10(12)2/h8-10,12,14H,3-7H2,1-2H3. The lowest BCUT2D eigenvalue weighted by Crippen LogP contribution is -2.40. The van der Waals surface area contributed by atoms with E-state index in [0.29, 0.717) is 12.5 Å². The summed E-state index contributed by atoms with van der Waals surface area (Å²) in [5, 5.41) is 4.01. The third-order valence-corrected chi connectivity index (χ3v) is 5.11. The number of aromatic nitrogens is 2. The Kier molecular flexibility index (Phi) is 4.07. The van der Waals surface area contributed by atoms with Gasteiger partial charge in [0, 0.05) is 18.8 Å². The number of hydrogen-bond acceptors (Lipinski definition) is 3. The van der Waals surface area contributed by atoms with Crippen molar-refractivity contribution in [2.45, 2.75) is 57.0 Å². The van der Waals surface area contributed by atoms with Gasteiger partial charge >= 0.3 is 0 Å². The van der Waals surface area contributed by atoms with Crippen LogP contribution in [0.5, 0.6) is 0 Å². The summed E-state index contributed by atoms with van der Waals surface area (Å²) < 4.78 is 28.9. The molecule has 2 rings (SSSR count). The molecule has 6 heteroatoms. The van der Waals surface area contributed by atoms with Gasteiger partial charge in [0.25, 0.3) is 0 Å². The number of rotatable bonds is 4. The molecule has 1 aliphatic rings. The lowest BCUT2D eigenvalue weighted by Gasteiger charge is -2.28. The fourth-order valence-electron chi connectivity index (χ4n) is 2.41. The first-order valence-electron chi connectivity index (χ1n) is 6.57. The Morgan fingerprint density at radius 2 is 2.17 bits per heavy atom. The van der Waals surface area contributed by atoms with E-state index in [1.54, 1.807) is 10.9 Å². The second kappa shape index (κ2) is 5.40. The van der Waals surface area contributed by atoms with Crippen molar-refractivity contribution in [3.63, 3.8) is 0 Å². The van der Waals surface area contributed by atoms with E-state index in [4.69, 9.17) is 0 Å². The molecule has 0 spiro atoms. The Labute approximate surface area is 109 Å². The van der Waals surface area contributed by atoms with Crippen LogP contribution in [0, 0.1) is 5.92 Å². The van der Waals surface area contributed by atoms with E-state index in [9.17, 15) is 8.42 Å². The van der Waals surface area contributed by atoms with Crippen molar-refractivity contribution >= 4 is 10.0 Å². The zero-order valence-corrected chi connectivity index (χ0v) is 11.8. The quantitative estimate of drug-likeness (QED) is 0.907. The Hall–Kier alpha value is -0.880. The van der Waals surface area contributed by atoms with Crippen molar-refractivity contribution in [3.05, 3.63) is 12.4 Å². The monoisotopic (exact) mass is 271 g/mol. The van der Waals surface area contributed by atoms with Gasteiger partial charge in [-0.3, -0.25) is 4.68 Å². The smallest absolute Gasteiger partial charge is 0.243 e. The highest BCUT2D eigenvalue weighted by Gasteiger charge is 2.27. The Balaban J connectivity index is 2.11. The molecule has 0 bridgehead atoms. The van der Waals surface area contributed by atoms with Gasteiger partial charge in [0.2, 0.25) is 10.0 Å². The minimum atomic E-state index is -3.42. The van der Waals surface area contributed by atoms with Gasteiger partial charge in [-0.2, -0.15) is 5.10 Å². The van der Waals surface area contributed by atoms with Crippen LogP contribution in [0.1, 0.15) is 39.5 Å². The van der Waals surface area contributed by atoms with Crippen LogP contribution in [0.25, 0.3) is 0 Å². The van der Waals surface area contributed by atoms with E-state index in [0.717, 1.165) is 19.3 Å². The Morgan fingerprint density at radius 3 is 2.78 bits per heavy atom. The molecule has 0 radical (unpaired) electrons. The first-order valence-corrected chi connectivity index (χ1v) is 8.06. The molecule has 1 heterocycles. The van der Waals surface area contributed by atoms with E-state index in [1.165, 1.54) is 12.6 Å². The highest BCUT2D eigenvalue weighted by Crippen LogP contribution is 2.25. The molecular weight excluding hydrogens is 250 g/mol. The molecule has 1 aromatic rings. The zero-order chi connectivity index (χ0) is 13.2. The molecule has 18 heavy (non-hydrogen) atoms. The summed E-state index contributed by atoms with van der Waals surface area (Å²) in [7, 11) is -3.42. The molecular formula is C12H21N3O2S. The summed E-state index contributed by atoms with van der Waals surface area (Å²) >= 11 is 0. The lowest BCUT2D eigenvalue weighted by atomic mass is 9.87. The van der Waals surface area contributed by atoms with Crippen LogP contribution in [-0.2, 0) is 16.6 Å². The van der Waals surface area contributed by atoms with Crippen LogP contribution in [0.2, 0.25) is 0 Å². The molecule has 0 saturated heterocycles. The topological polar surface area (TPSA) is 64.0 Å². The van der Waals surface area contributed by atoms with Gasteiger partial charge in [-0.05, 0) is 25.7 Å². The van der Waals surface area contributed by atoms with Crippen molar-refractivity contribution in [1.82, 2.24) is 14.5 Å². The minimum absolute atomic E-state index is 0.0636. The Morgan fingerprint density at radius 1 is 1.44 bits per heavy atom. The van der Waals surface area contributed by atoms with Gasteiger partial charge in [0.1, 0.15) is 4.90 Å². The summed E-state index contributed by atoms with van der Waals surface area (Å²) in [6, 6.07) is 0.0636. The van der Waals surface area contributed by atoms with E-state index in [1.807, 2.05) is 6.92 Å². The SMILES string of the molecule is CCn1cc(S(=O)(=O)NC2CCCCC2C)cn1. The number of sulfonamides is 1. The number of nitrogens with zero attached hydrogens (tertiary/aromatic N) is 2. The highest BCUT2D eigenvalue weighted by atomic mass is 32.2. The summed E-state index contributed by atoms with van der Waals surface area (Å²) in [5.41, 5.74) is 0. The van der Waals surface area contributed by atoms with Crippen molar-refractivity contribution in [2.24, 2.45) is 5.92 Å². The highest BCUT2D eigenvalue weighted by molar-refractivity contribution is 7.89. The Bertz CT molecular complexity index is 495. The molecule has 5 nitrogen and oxygen atoms in total. The molecule has 1 aromatic heterocycles. The minimum Gasteiger partial charge on any atom is -0.272 e. The van der Waals surface area contributed by atoms with Gasteiger partial charge in [0.15, 0.2) is 0 Å². The van der Waals surface area contributed by atoms with Gasteiger partial charge in [0.05, 0.1) is 6.20 Å². The normalized spacial score (nSPS) is 25.2. The second-order valence-corrected chi connectivity index (χ2v) is 6.74. The van der Waals surface area contributed by atoms with E-state index in [-0.39, 0.29) is 10.9 Å². The molecule has 1 fully saturated rings. The molecule has 0 aromatic carbocycles. The summed E-state index contributed by atoms with van der Waals surface area (Å²) in [6.07, 6.45) is 7.33. The molecule has 102 valence electrons. The van der Waals surface area contributed by atoms with E-state index in [2.05, 4.69) is 16.7 Å². The predicted octanol–water partition coefficient (Wildman–Crippen LogP) is 1.76. The second-order valence-electron chi connectivity index (χ2n) is 5.02. The summed E-state index contributed by atoms with van der Waals surface area (Å²) in [6.45, 7) is 4.72. The zero-order valence-electron chi connectivity index (χ0n) is 11.0. The van der Waals surface area contributed by atoms with Crippen LogP contribution in [0.3, 0.4) is 0 Å². The van der Waals surface area contributed by atoms with Gasteiger partial charge in [-0.25, -0.2) is 13.1 Å². The van der Waals surface area contributed by atoms with Crippen molar-refractivity contribution in [1.29, 1.82) is 0 Å². The molecule has 0 aliphatic heterocycles. The molecule has 2 atom stereocenters. The van der Waals surface area contributed by atoms with Gasteiger partial charge in [-0.1, -0.05) is 19.8 Å². The first-order chi connectivity index (χ1) is 8.53. The summed E-state index contributed by atoms with van der Waals surface area (Å²) in [5.74, 6) is 0.412. The van der Waals surface area contributed by atoms with E-state index >= 15 is 0 Å². The maximum atomic E-state index is 12.2. The maximum Gasteiger partial charge on any atom is 0.243 e. The van der Waals surface area contributed by atoms with Gasteiger partial charge < -0.3 is 0 Å². The molecule has 2 unspecified atom stereocenters. The fraction of sp³-hybridized carbons (Fsp3) is 0.750. The summed E-state index contributed by atoms with van der Waals surface area (Å²) in [4.78, 5) is 0.266. The third-order valence-electron chi connectivity index (χ3n) is 3.66. The lowest BCUT2D eigenvalue weighted by molar-refractivity contribution is 0.310.